The van der Waals surface area contributed by atoms with Gasteiger partial charge in [0.05, 0.1) is 38.1 Å². The number of methoxy groups -OCH3 is 2. The molecule has 1 saturated carbocycles. The lowest BCUT2D eigenvalue weighted by Crippen LogP contribution is -2.44. The summed E-state index contributed by atoms with van der Waals surface area (Å²) in [6.07, 6.45) is 0. The minimum Gasteiger partial charge on any atom is -0.469 e. The molecule has 1 saturated heterocycles. The quantitative estimate of drug-likeness (QED) is 0.790. The van der Waals surface area contributed by atoms with E-state index in [1.54, 1.807) is 31.3 Å². The Balaban J connectivity index is 1.90. The molecule has 1 amide bonds. The number of benzene rings is 1. The summed E-state index contributed by atoms with van der Waals surface area (Å²) in [5.41, 5.74) is -0.374. The molecule has 8 heteroatoms. The number of ether oxygens (including phenoxy) is 2. The molecule has 25 heavy (non-hydrogen) atoms. The van der Waals surface area contributed by atoms with Crippen molar-refractivity contribution >= 4 is 23.5 Å². The lowest BCUT2D eigenvalue weighted by Gasteiger charge is -2.22. The van der Waals surface area contributed by atoms with Crippen LogP contribution in [0.5, 0.6) is 0 Å². The number of hydrogen-bond donors (Lipinski definition) is 1. The molecule has 134 valence electrons. The number of anilines is 1. The molecule has 0 bridgehead atoms. The van der Waals surface area contributed by atoms with Gasteiger partial charge in [0.2, 0.25) is 5.91 Å². The Labute approximate surface area is 145 Å². The van der Waals surface area contributed by atoms with Gasteiger partial charge in [0.25, 0.3) is 0 Å². The van der Waals surface area contributed by atoms with E-state index in [1.807, 2.05) is 6.07 Å². The molecule has 0 aromatic heterocycles. The van der Waals surface area contributed by atoms with E-state index in [9.17, 15) is 14.4 Å². The Kier molecular flexibility index (Phi) is 4.49. The Bertz CT molecular complexity index is 670. The molecule has 1 aliphatic carbocycles. The number of rotatable bonds is 4. The molecule has 1 heterocycles. The van der Waals surface area contributed by atoms with E-state index < -0.39 is 35.2 Å². The number of carbonyl (C=O) groups is 3. The van der Waals surface area contributed by atoms with Crippen LogP contribution in [-0.2, 0) is 28.7 Å². The average molecular weight is 348 g/mol. The Morgan fingerprint density at radius 1 is 1.12 bits per heavy atom. The van der Waals surface area contributed by atoms with Crippen molar-refractivity contribution in [2.24, 2.45) is 17.3 Å². The van der Waals surface area contributed by atoms with Crippen molar-refractivity contribution in [1.82, 2.24) is 5.06 Å². The largest absolute Gasteiger partial charge is 0.469 e. The lowest BCUT2D eigenvalue weighted by molar-refractivity contribution is -0.148. The number of amides is 1. The zero-order chi connectivity index (χ0) is 18.2. The van der Waals surface area contributed by atoms with E-state index in [2.05, 4.69) is 5.32 Å². The van der Waals surface area contributed by atoms with Crippen LogP contribution in [0.4, 0.5) is 5.69 Å². The molecule has 1 spiro atoms. The first-order valence-corrected chi connectivity index (χ1v) is 7.84. The normalized spacial score (nSPS) is 30.8. The molecular formula is C17H20N2O6. The maximum absolute atomic E-state index is 12.9. The summed E-state index contributed by atoms with van der Waals surface area (Å²) in [7, 11) is 4.10. The predicted molar refractivity (Wildman–Crippen MR) is 86.0 cm³/mol. The van der Waals surface area contributed by atoms with Gasteiger partial charge in [-0.15, -0.1) is 0 Å². The third kappa shape index (κ3) is 2.67. The molecule has 2 fully saturated rings. The van der Waals surface area contributed by atoms with Gasteiger partial charge < -0.3 is 14.8 Å². The Morgan fingerprint density at radius 3 is 2.20 bits per heavy atom. The second-order valence-corrected chi connectivity index (χ2v) is 6.19. The van der Waals surface area contributed by atoms with Crippen molar-refractivity contribution < 1.29 is 28.7 Å². The van der Waals surface area contributed by atoms with Gasteiger partial charge in [0, 0.05) is 12.7 Å². The zero-order valence-corrected chi connectivity index (χ0v) is 14.2. The summed E-state index contributed by atoms with van der Waals surface area (Å²) < 4.78 is 9.63. The maximum atomic E-state index is 12.9. The standard InChI is InChI=1S/C17H20N2O6/c1-19-13(14(20)18-10-7-5-4-6-8-10)17(9-25-19)11(15(21)23-2)12(17)16(22)24-3/h4-8,11-13H,9H2,1-3H3,(H,18,20). The zero-order valence-electron chi connectivity index (χ0n) is 14.2. The van der Waals surface area contributed by atoms with Crippen LogP contribution in [0.1, 0.15) is 0 Å². The number of nitrogens with one attached hydrogen (secondary N) is 1. The van der Waals surface area contributed by atoms with Gasteiger partial charge in [-0.25, -0.2) is 0 Å². The van der Waals surface area contributed by atoms with Gasteiger partial charge in [0.1, 0.15) is 6.04 Å². The third-order valence-electron chi connectivity index (χ3n) is 4.97. The van der Waals surface area contributed by atoms with Crippen LogP contribution in [0.15, 0.2) is 30.3 Å². The minimum absolute atomic E-state index is 0.0654. The van der Waals surface area contributed by atoms with Crippen LogP contribution in [0.3, 0.4) is 0 Å². The van der Waals surface area contributed by atoms with E-state index >= 15 is 0 Å². The third-order valence-corrected chi connectivity index (χ3v) is 4.97. The van der Waals surface area contributed by atoms with Crippen molar-refractivity contribution in [1.29, 1.82) is 0 Å². The van der Waals surface area contributed by atoms with Crippen molar-refractivity contribution in [2.45, 2.75) is 6.04 Å². The Hall–Kier alpha value is -2.45. The predicted octanol–water partition coefficient (Wildman–Crippen LogP) is 0.449. The molecule has 1 aromatic carbocycles. The maximum Gasteiger partial charge on any atom is 0.310 e. The second kappa shape index (κ2) is 6.45. The summed E-state index contributed by atoms with van der Waals surface area (Å²) in [5.74, 6) is -3.01. The number of hydroxylamine groups is 2. The topological polar surface area (TPSA) is 94.2 Å². The first kappa shape index (κ1) is 17.4. The fraction of sp³-hybridized carbons (Fsp3) is 0.471. The van der Waals surface area contributed by atoms with Gasteiger partial charge in [-0.05, 0) is 12.1 Å². The summed E-state index contributed by atoms with van der Waals surface area (Å²) in [6.45, 7) is 0.0654. The molecule has 3 unspecified atom stereocenters. The number of para-hydroxylation sites is 1. The van der Waals surface area contributed by atoms with Gasteiger partial charge >= 0.3 is 11.9 Å². The average Bonchev–Trinajstić information content (AvgIpc) is 3.15. The van der Waals surface area contributed by atoms with Gasteiger partial charge in [-0.2, -0.15) is 5.06 Å². The smallest absolute Gasteiger partial charge is 0.310 e. The first-order valence-electron chi connectivity index (χ1n) is 7.84. The minimum atomic E-state index is -0.992. The van der Waals surface area contributed by atoms with Gasteiger partial charge in [-0.3, -0.25) is 19.2 Å². The highest BCUT2D eigenvalue weighted by Crippen LogP contribution is 2.65. The number of likely N-dealkylation sites (N-methyl/N-ethyl adjacent to an activating group) is 1. The number of hydrogen-bond acceptors (Lipinski definition) is 7. The van der Waals surface area contributed by atoms with Gasteiger partial charge in [-0.1, -0.05) is 18.2 Å². The van der Waals surface area contributed by atoms with Crippen LogP contribution >= 0.6 is 0 Å². The monoisotopic (exact) mass is 348 g/mol. The molecule has 1 aromatic rings. The summed E-state index contributed by atoms with van der Waals surface area (Å²) in [6, 6.07) is 8.12. The molecule has 2 aliphatic rings. The van der Waals surface area contributed by atoms with Crippen LogP contribution in [-0.4, -0.2) is 56.8 Å². The molecule has 3 atom stereocenters. The highest BCUT2D eigenvalue weighted by Gasteiger charge is 2.80. The van der Waals surface area contributed by atoms with Crippen LogP contribution in [0.2, 0.25) is 0 Å². The molecule has 1 aliphatic heterocycles. The first-order chi connectivity index (χ1) is 12.0. The highest BCUT2D eigenvalue weighted by molar-refractivity contribution is 6.00. The van der Waals surface area contributed by atoms with Crippen LogP contribution in [0, 0.1) is 17.3 Å². The van der Waals surface area contributed by atoms with Crippen molar-refractivity contribution in [3.05, 3.63) is 30.3 Å². The van der Waals surface area contributed by atoms with E-state index in [4.69, 9.17) is 14.3 Å². The SMILES string of the molecule is COC(=O)C1C(C(=O)OC)C12CON(C)C2C(=O)Nc1ccccc1. The van der Waals surface area contributed by atoms with Crippen molar-refractivity contribution in [2.75, 3.05) is 33.2 Å². The van der Waals surface area contributed by atoms with Crippen LogP contribution in [0.25, 0.3) is 0 Å². The number of esters is 2. The summed E-state index contributed by atoms with van der Waals surface area (Å²) in [4.78, 5) is 42.7. The fourth-order valence-electron chi connectivity index (χ4n) is 3.79. The molecule has 3 rings (SSSR count). The fourth-order valence-corrected chi connectivity index (χ4v) is 3.79. The van der Waals surface area contributed by atoms with Crippen molar-refractivity contribution in [3.63, 3.8) is 0 Å². The lowest BCUT2D eigenvalue weighted by atomic mass is 9.92. The molecule has 1 N–H and O–H groups in total. The number of carbonyl (C=O) groups excluding carboxylic acids is 3. The number of nitrogens with zero attached hydrogens (tertiary/aromatic N) is 1. The van der Waals surface area contributed by atoms with E-state index in [0.717, 1.165) is 0 Å². The highest BCUT2D eigenvalue weighted by atomic mass is 16.7. The Morgan fingerprint density at radius 2 is 1.68 bits per heavy atom. The van der Waals surface area contributed by atoms with E-state index in [0.29, 0.717) is 5.69 Å². The van der Waals surface area contributed by atoms with Gasteiger partial charge in [0.15, 0.2) is 0 Å². The second-order valence-electron chi connectivity index (χ2n) is 6.19. The molecule has 0 radical (unpaired) electrons. The molecule has 8 nitrogen and oxygen atoms in total. The van der Waals surface area contributed by atoms with E-state index in [-0.39, 0.29) is 12.5 Å². The van der Waals surface area contributed by atoms with Crippen molar-refractivity contribution in [3.8, 4) is 0 Å². The summed E-state index contributed by atoms with van der Waals surface area (Å²) in [5, 5.41) is 4.19. The van der Waals surface area contributed by atoms with Crippen LogP contribution < -0.4 is 5.32 Å². The van der Waals surface area contributed by atoms with E-state index in [1.165, 1.54) is 19.3 Å². The summed E-state index contributed by atoms with van der Waals surface area (Å²) >= 11 is 0. The molecular weight excluding hydrogens is 328 g/mol.